The van der Waals surface area contributed by atoms with E-state index in [0.29, 0.717) is 32.0 Å². The lowest BCUT2D eigenvalue weighted by molar-refractivity contribution is -0.137. The van der Waals surface area contributed by atoms with Crippen LogP contribution < -0.4 is 4.90 Å². The van der Waals surface area contributed by atoms with Crippen LogP contribution in [0, 0.1) is 0 Å². The Kier molecular flexibility index (Phi) is 3.14. The van der Waals surface area contributed by atoms with E-state index in [4.69, 9.17) is 9.47 Å². The van der Waals surface area contributed by atoms with Gasteiger partial charge in [0.2, 0.25) is 0 Å². The van der Waals surface area contributed by atoms with Crippen LogP contribution >= 0.6 is 0 Å². The molecule has 6 heteroatoms. The van der Waals surface area contributed by atoms with Gasteiger partial charge in [-0.1, -0.05) is 6.07 Å². The summed E-state index contributed by atoms with van der Waals surface area (Å²) in [6, 6.07) is 5.40. The molecule has 1 aromatic rings. The predicted octanol–water partition coefficient (Wildman–Crippen LogP) is 2.31. The molecular weight excluding hydrogens is 259 g/mol. The highest BCUT2D eigenvalue weighted by atomic mass is 19.4. The van der Waals surface area contributed by atoms with Crippen molar-refractivity contribution in [1.82, 2.24) is 0 Å². The van der Waals surface area contributed by atoms with Gasteiger partial charge in [0.05, 0.1) is 31.0 Å². The fourth-order valence-electron chi connectivity index (χ4n) is 2.00. The van der Waals surface area contributed by atoms with Crippen molar-refractivity contribution < 1.29 is 22.6 Å². The van der Waals surface area contributed by atoms with Gasteiger partial charge >= 0.3 is 6.18 Å². The van der Waals surface area contributed by atoms with E-state index in [0.717, 1.165) is 6.07 Å². The highest BCUT2D eigenvalue weighted by Gasteiger charge is 2.33. The first-order valence-electron chi connectivity index (χ1n) is 6.18. The summed E-state index contributed by atoms with van der Waals surface area (Å²) in [5.74, 6) is 0. The Labute approximate surface area is 108 Å². The molecule has 2 saturated heterocycles. The number of hydrogen-bond donors (Lipinski definition) is 0. The molecule has 0 saturated carbocycles. The number of benzene rings is 1. The quantitative estimate of drug-likeness (QED) is 0.771. The molecule has 3 rings (SSSR count). The van der Waals surface area contributed by atoms with Crippen LogP contribution in [0.3, 0.4) is 0 Å². The maximum atomic E-state index is 12.7. The first-order valence-corrected chi connectivity index (χ1v) is 6.18. The first kappa shape index (κ1) is 12.7. The number of ether oxygens (including phenoxy) is 2. The van der Waals surface area contributed by atoms with Crippen molar-refractivity contribution >= 4 is 5.69 Å². The Bertz CT molecular complexity index is 441. The molecule has 104 valence electrons. The molecule has 3 nitrogen and oxygen atoms in total. The molecule has 0 amide bonds. The van der Waals surface area contributed by atoms with Crippen molar-refractivity contribution in [3.05, 3.63) is 29.8 Å². The summed E-state index contributed by atoms with van der Waals surface area (Å²) < 4.78 is 48.4. The summed E-state index contributed by atoms with van der Waals surface area (Å²) in [6.45, 7) is 2.59. The second kappa shape index (κ2) is 4.68. The minimum Gasteiger partial charge on any atom is -0.371 e. The van der Waals surface area contributed by atoms with Crippen LogP contribution in [-0.2, 0) is 15.7 Å². The lowest BCUT2D eigenvalue weighted by Crippen LogP contribution is -2.31. The molecule has 0 N–H and O–H groups in total. The molecular formula is C13H14F3NO2. The second-order valence-corrected chi connectivity index (χ2v) is 4.86. The fourth-order valence-corrected chi connectivity index (χ4v) is 2.00. The zero-order valence-electron chi connectivity index (χ0n) is 10.2. The molecule has 19 heavy (non-hydrogen) atoms. The van der Waals surface area contributed by atoms with E-state index in [1.165, 1.54) is 12.1 Å². The summed E-state index contributed by atoms with van der Waals surface area (Å²) in [4.78, 5) is 1.91. The summed E-state index contributed by atoms with van der Waals surface area (Å²) in [7, 11) is 0. The highest BCUT2D eigenvalue weighted by molar-refractivity contribution is 5.50. The van der Waals surface area contributed by atoms with Gasteiger partial charge in [0.1, 0.15) is 0 Å². The van der Waals surface area contributed by atoms with Gasteiger partial charge in [0, 0.05) is 18.8 Å². The van der Waals surface area contributed by atoms with E-state index < -0.39 is 11.7 Å². The molecule has 2 aliphatic rings. The fraction of sp³-hybridized carbons (Fsp3) is 0.538. The number of halogens is 3. The average molecular weight is 273 g/mol. The van der Waals surface area contributed by atoms with Gasteiger partial charge in [-0.2, -0.15) is 13.2 Å². The summed E-state index contributed by atoms with van der Waals surface area (Å²) in [5.41, 5.74) is -0.0516. The van der Waals surface area contributed by atoms with Gasteiger partial charge in [-0.25, -0.2) is 0 Å². The van der Waals surface area contributed by atoms with E-state index in [2.05, 4.69) is 0 Å². The number of nitrogens with zero attached hydrogens (tertiary/aromatic N) is 1. The molecule has 2 heterocycles. The van der Waals surface area contributed by atoms with Crippen molar-refractivity contribution in [2.24, 2.45) is 0 Å². The minimum atomic E-state index is -4.31. The summed E-state index contributed by atoms with van der Waals surface area (Å²) >= 11 is 0. The van der Waals surface area contributed by atoms with Gasteiger partial charge in [-0.3, -0.25) is 0 Å². The van der Waals surface area contributed by atoms with Gasteiger partial charge in [0.15, 0.2) is 0 Å². The molecule has 0 aromatic heterocycles. The maximum Gasteiger partial charge on any atom is 0.416 e. The number of rotatable bonds is 5. The van der Waals surface area contributed by atoms with Crippen LogP contribution in [0.1, 0.15) is 5.56 Å². The highest BCUT2D eigenvalue weighted by Crippen LogP contribution is 2.32. The van der Waals surface area contributed by atoms with E-state index in [9.17, 15) is 13.2 Å². The average Bonchev–Trinajstić information content (AvgIpc) is 3.22. The minimum absolute atomic E-state index is 0.133. The van der Waals surface area contributed by atoms with Crippen molar-refractivity contribution in [2.45, 2.75) is 18.4 Å². The maximum absolute atomic E-state index is 12.7. The Morgan fingerprint density at radius 2 is 1.68 bits per heavy atom. The smallest absolute Gasteiger partial charge is 0.371 e. The summed E-state index contributed by atoms with van der Waals surface area (Å²) in [6.07, 6.45) is -4.05. The third-order valence-corrected chi connectivity index (χ3v) is 3.19. The standard InChI is InChI=1S/C13H14F3NO2/c14-13(15,16)9-2-1-3-10(4-9)17(5-11-7-18-11)6-12-8-19-12/h1-4,11-12H,5-8H2. The zero-order chi connectivity index (χ0) is 13.5. The molecule has 2 fully saturated rings. The largest absolute Gasteiger partial charge is 0.416 e. The SMILES string of the molecule is FC(F)(F)c1cccc(N(CC2CO2)CC2CO2)c1. The van der Waals surface area contributed by atoms with Crippen LogP contribution in [0.25, 0.3) is 0 Å². The molecule has 2 atom stereocenters. The molecule has 1 aromatic carbocycles. The van der Waals surface area contributed by atoms with E-state index in [1.807, 2.05) is 4.90 Å². The Morgan fingerprint density at radius 1 is 1.11 bits per heavy atom. The third-order valence-electron chi connectivity index (χ3n) is 3.19. The Hall–Kier alpha value is -1.27. The van der Waals surface area contributed by atoms with Gasteiger partial charge < -0.3 is 14.4 Å². The monoisotopic (exact) mass is 273 g/mol. The lowest BCUT2D eigenvalue weighted by atomic mass is 10.1. The Balaban J connectivity index is 1.79. The third kappa shape index (κ3) is 3.39. The normalized spacial score (nSPS) is 25.2. The molecule has 2 aliphatic heterocycles. The predicted molar refractivity (Wildman–Crippen MR) is 63.1 cm³/mol. The number of alkyl halides is 3. The molecule has 0 spiro atoms. The lowest BCUT2D eigenvalue weighted by Gasteiger charge is -2.24. The molecule has 0 bridgehead atoms. The van der Waals surface area contributed by atoms with E-state index in [-0.39, 0.29) is 12.2 Å². The van der Waals surface area contributed by atoms with Crippen molar-refractivity contribution in [3.63, 3.8) is 0 Å². The number of epoxide rings is 2. The number of anilines is 1. The molecule has 2 unspecified atom stereocenters. The van der Waals surface area contributed by atoms with Crippen molar-refractivity contribution in [1.29, 1.82) is 0 Å². The molecule has 0 radical (unpaired) electrons. The van der Waals surface area contributed by atoms with E-state index in [1.54, 1.807) is 6.07 Å². The molecule has 0 aliphatic carbocycles. The zero-order valence-corrected chi connectivity index (χ0v) is 10.2. The topological polar surface area (TPSA) is 28.3 Å². The van der Waals surface area contributed by atoms with Crippen LogP contribution in [0.15, 0.2) is 24.3 Å². The van der Waals surface area contributed by atoms with Gasteiger partial charge in [0.25, 0.3) is 0 Å². The second-order valence-electron chi connectivity index (χ2n) is 4.86. The van der Waals surface area contributed by atoms with Crippen LogP contribution in [0.4, 0.5) is 18.9 Å². The van der Waals surface area contributed by atoms with Gasteiger partial charge in [-0.05, 0) is 18.2 Å². The Morgan fingerprint density at radius 3 is 2.16 bits per heavy atom. The van der Waals surface area contributed by atoms with Crippen LogP contribution in [-0.4, -0.2) is 38.5 Å². The first-order chi connectivity index (χ1) is 9.02. The van der Waals surface area contributed by atoms with Crippen LogP contribution in [0.2, 0.25) is 0 Å². The van der Waals surface area contributed by atoms with Crippen molar-refractivity contribution in [3.8, 4) is 0 Å². The van der Waals surface area contributed by atoms with Gasteiger partial charge in [-0.15, -0.1) is 0 Å². The van der Waals surface area contributed by atoms with Crippen LogP contribution in [0.5, 0.6) is 0 Å². The summed E-state index contributed by atoms with van der Waals surface area (Å²) in [5, 5.41) is 0. The van der Waals surface area contributed by atoms with E-state index >= 15 is 0 Å². The number of hydrogen-bond acceptors (Lipinski definition) is 3. The van der Waals surface area contributed by atoms with Crippen molar-refractivity contribution in [2.75, 3.05) is 31.2 Å².